The molecule has 0 spiro atoms. The van der Waals surface area contributed by atoms with Gasteiger partial charge in [-0.2, -0.15) is 0 Å². The van der Waals surface area contributed by atoms with Crippen LogP contribution in [0.3, 0.4) is 0 Å². The zero-order chi connectivity index (χ0) is 6.81. The van der Waals surface area contributed by atoms with Gasteiger partial charge in [-0.3, -0.25) is 0 Å². The molecular weight excluding hydrogens is 120 g/mol. The van der Waals surface area contributed by atoms with E-state index in [1.165, 1.54) is 32.1 Å². The van der Waals surface area contributed by atoms with Crippen LogP contribution in [0, 0.1) is 5.92 Å². The second-order valence-electron chi connectivity index (χ2n) is 3.32. The van der Waals surface area contributed by atoms with Gasteiger partial charge in [0.15, 0.2) is 0 Å². The van der Waals surface area contributed by atoms with E-state index in [1.54, 1.807) is 5.57 Å². The first-order chi connectivity index (χ1) is 4.97. The molecule has 0 aliphatic heterocycles. The van der Waals surface area contributed by atoms with Gasteiger partial charge in [0.05, 0.1) is 0 Å². The van der Waals surface area contributed by atoms with Crippen LogP contribution in [-0.4, -0.2) is 0 Å². The van der Waals surface area contributed by atoms with Gasteiger partial charge in [0.25, 0.3) is 0 Å². The largest absolute Gasteiger partial charge is 0.0876 e. The zero-order valence-electron chi connectivity index (χ0n) is 6.34. The fourth-order valence-electron chi connectivity index (χ4n) is 2.00. The Morgan fingerprint density at radius 3 is 3.20 bits per heavy atom. The Bertz CT molecular complexity index is 174. The van der Waals surface area contributed by atoms with Crippen LogP contribution in [0.4, 0.5) is 0 Å². The molecule has 0 bridgehead atoms. The van der Waals surface area contributed by atoms with Gasteiger partial charge in [0, 0.05) is 0 Å². The molecule has 2 rings (SSSR count). The molecule has 0 saturated heterocycles. The SMILES string of the molecule is C1=CCC2CCCC=C2C1. The van der Waals surface area contributed by atoms with E-state index in [0.717, 1.165) is 5.92 Å². The molecule has 54 valence electrons. The summed E-state index contributed by atoms with van der Waals surface area (Å²) in [5, 5.41) is 0. The van der Waals surface area contributed by atoms with E-state index in [2.05, 4.69) is 18.2 Å². The summed E-state index contributed by atoms with van der Waals surface area (Å²) in [6.45, 7) is 0. The number of rotatable bonds is 0. The van der Waals surface area contributed by atoms with E-state index in [9.17, 15) is 0 Å². The minimum absolute atomic E-state index is 0.929. The fraction of sp³-hybridized carbons (Fsp3) is 0.600. The average molecular weight is 134 g/mol. The lowest BCUT2D eigenvalue weighted by Crippen LogP contribution is -2.09. The normalized spacial score (nSPS) is 31.2. The van der Waals surface area contributed by atoms with Crippen LogP contribution in [0.15, 0.2) is 23.8 Å². The van der Waals surface area contributed by atoms with Gasteiger partial charge in [-0.15, -0.1) is 0 Å². The van der Waals surface area contributed by atoms with E-state index < -0.39 is 0 Å². The third-order valence-electron chi connectivity index (χ3n) is 2.63. The molecule has 0 aromatic carbocycles. The average Bonchev–Trinajstić information content (AvgIpc) is 2.05. The van der Waals surface area contributed by atoms with Gasteiger partial charge in [0.2, 0.25) is 0 Å². The number of hydrogen-bond acceptors (Lipinski definition) is 0. The van der Waals surface area contributed by atoms with Crippen molar-refractivity contribution < 1.29 is 0 Å². The molecule has 0 heteroatoms. The van der Waals surface area contributed by atoms with Crippen LogP contribution in [0.25, 0.3) is 0 Å². The summed E-state index contributed by atoms with van der Waals surface area (Å²) in [6.07, 6.45) is 13.9. The topological polar surface area (TPSA) is 0 Å². The minimum Gasteiger partial charge on any atom is -0.0876 e. The van der Waals surface area contributed by atoms with Gasteiger partial charge in [0.1, 0.15) is 0 Å². The fourth-order valence-corrected chi connectivity index (χ4v) is 2.00. The molecule has 0 nitrogen and oxygen atoms in total. The monoisotopic (exact) mass is 134 g/mol. The van der Waals surface area contributed by atoms with Crippen molar-refractivity contribution in [3.05, 3.63) is 23.8 Å². The highest BCUT2D eigenvalue weighted by atomic mass is 14.2. The Morgan fingerprint density at radius 1 is 1.30 bits per heavy atom. The van der Waals surface area contributed by atoms with E-state index in [0.29, 0.717) is 0 Å². The number of fused-ring (bicyclic) bond motifs is 1. The number of hydrogen-bond donors (Lipinski definition) is 0. The first-order valence-electron chi connectivity index (χ1n) is 4.31. The molecule has 2 aliphatic rings. The smallest absolute Gasteiger partial charge is 0.0136 e. The lowest BCUT2D eigenvalue weighted by molar-refractivity contribution is 0.498. The van der Waals surface area contributed by atoms with E-state index in [-0.39, 0.29) is 0 Å². The predicted octanol–water partition coefficient (Wildman–Crippen LogP) is 3.06. The molecular formula is C10H14. The first-order valence-corrected chi connectivity index (χ1v) is 4.31. The van der Waals surface area contributed by atoms with E-state index >= 15 is 0 Å². The van der Waals surface area contributed by atoms with Gasteiger partial charge in [-0.05, 0) is 38.0 Å². The van der Waals surface area contributed by atoms with Crippen molar-refractivity contribution in [2.75, 3.05) is 0 Å². The quantitative estimate of drug-likeness (QED) is 0.447. The van der Waals surface area contributed by atoms with E-state index in [1.807, 2.05) is 0 Å². The molecule has 10 heavy (non-hydrogen) atoms. The molecule has 0 saturated carbocycles. The maximum absolute atomic E-state index is 2.46. The van der Waals surface area contributed by atoms with Crippen molar-refractivity contribution >= 4 is 0 Å². The molecule has 1 unspecified atom stereocenters. The highest BCUT2D eigenvalue weighted by molar-refractivity contribution is 5.18. The lowest BCUT2D eigenvalue weighted by Gasteiger charge is -2.25. The minimum atomic E-state index is 0.929. The van der Waals surface area contributed by atoms with Crippen molar-refractivity contribution in [3.8, 4) is 0 Å². The van der Waals surface area contributed by atoms with Crippen LogP contribution in [0.1, 0.15) is 32.1 Å². The third kappa shape index (κ3) is 1.03. The Balaban J connectivity index is 2.17. The molecule has 0 aromatic rings. The molecule has 0 fully saturated rings. The summed E-state index contributed by atoms with van der Waals surface area (Å²) in [4.78, 5) is 0. The third-order valence-corrected chi connectivity index (χ3v) is 2.63. The Hall–Kier alpha value is -0.520. The number of allylic oxidation sites excluding steroid dienone is 4. The lowest BCUT2D eigenvalue weighted by atomic mass is 9.81. The maximum Gasteiger partial charge on any atom is -0.0136 e. The van der Waals surface area contributed by atoms with Crippen LogP contribution in [0.2, 0.25) is 0 Å². The van der Waals surface area contributed by atoms with E-state index in [4.69, 9.17) is 0 Å². The van der Waals surface area contributed by atoms with Gasteiger partial charge < -0.3 is 0 Å². The second kappa shape index (κ2) is 2.61. The van der Waals surface area contributed by atoms with Crippen molar-refractivity contribution in [1.82, 2.24) is 0 Å². The Kier molecular flexibility index (Phi) is 1.62. The van der Waals surface area contributed by atoms with Crippen molar-refractivity contribution in [1.29, 1.82) is 0 Å². The predicted molar refractivity (Wildman–Crippen MR) is 43.8 cm³/mol. The highest BCUT2D eigenvalue weighted by Crippen LogP contribution is 2.32. The van der Waals surface area contributed by atoms with Crippen LogP contribution >= 0.6 is 0 Å². The summed E-state index contributed by atoms with van der Waals surface area (Å²) >= 11 is 0. The summed E-state index contributed by atoms with van der Waals surface area (Å²) in [5.41, 5.74) is 1.72. The molecule has 0 radical (unpaired) electrons. The standard InChI is InChI=1S/C10H14/c1-2-6-10-8-4-3-7-9(10)5-1/h1-2,7,10H,3-6,8H2. The maximum atomic E-state index is 2.46. The Morgan fingerprint density at radius 2 is 2.30 bits per heavy atom. The van der Waals surface area contributed by atoms with Crippen molar-refractivity contribution in [2.24, 2.45) is 5.92 Å². The molecule has 0 N–H and O–H groups in total. The molecule has 0 amide bonds. The zero-order valence-corrected chi connectivity index (χ0v) is 6.34. The highest BCUT2D eigenvalue weighted by Gasteiger charge is 2.17. The second-order valence-corrected chi connectivity index (χ2v) is 3.32. The van der Waals surface area contributed by atoms with Gasteiger partial charge in [-0.1, -0.05) is 23.8 Å². The summed E-state index contributed by atoms with van der Waals surface area (Å²) in [6, 6.07) is 0. The molecule has 0 heterocycles. The summed E-state index contributed by atoms with van der Waals surface area (Å²) < 4.78 is 0. The van der Waals surface area contributed by atoms with Crippen LogP contribution in [0.5, 0.6) is 0 Å². The molecule has 1 atom stereocenters. The van der Waals surface area contributed by atoms with Crippen LogP contribution in [-0.2, 0) is 0 Å². The molecule has 2 aliphatic carbocycles. The van der Waals surface area contributed by atoms with Crippen molar-refractivity contribution in [2.45, 2.75) is 32.1 Å². The van der Waals surface area contributed by atoms with Crippen molar-refractivity contribution in [3.63, 3.8) is 0 Å². The summed E-state index contributed by atoms with van der Waals surface area (Å²) in [7, 11) is 0. The van der Waals surface area contributed by atoms with Gasteiger partial charge in [-0.25, -0.2) is 0 Å². The van der Waals surface area contributed by atoms with Gasteiger partial charge >= 0.3 is 0 Å². The molecule has 0 aromatic heterocycles. The summed E-state index contributed by atoms with van der Waals surface area (Å²) in [5.74, 6) is 0.929. The van der Waals surface area contributed by atoms with Crippen LogP contribution < -0.4 is 0 Å². The first kappa shape index (κ1) is 6.21. The Labute approximate surface area is 62.6 Å².